The second kappa shape index (κ2) is 5.03. The Morgan fingerprint density at radius 2 is 1.94 bits per heavy atom. The van der Waals surface area contributed by atoms with Crippen LogP contribution in [0.15, 0.2) is 24.8 Å². The molecular formula is C9H10N2O6. The molecule has 0 saturated heterocycles. The maximum atomic E-state index is 11.2. The Hall–Kier alpha value is -2.48. The topological polar surface area (TPSA) is 121 Å². The quantitative estimate of drug-likeness (QED) is 0.375. The van der Waals surface area contributed by atoms with Crippen LogP contribution in [0, 0.1) is 0 Å². The SMILES string of the molecule is C=CC(=O)NC(O)C(=O)On1c(O)ccc1O. The third-order valence-corrected chi connectivity index (χ3v) is 1.67. The molecule has 0 spiro atoms. The highest BCUT2D eigenvalue weighted by molar-refractivity contribution is 5.90. The number of carbonyl (C=O) groups is 2. The van der Waals surface area contributed by atoms with E-state index in [0.717, 1.165) is 18.2 Å². The Morgan fingerprint density at radius 1 is 1.41 bits per heavy atom. The van der Waals surface area contributed by atoms with Crippen LogP contribution in [-0.4, -0.2) is 38.2 Å². The molecule has 1 rings (SSSR count). The van der Waals surface area contributed by atoms with Gasteiger partial charge in [0, 0.05) is 12.1 Å². The van der Waals surface area contributed by atoms with Crippen LogP contribution in [0.2, 0.25) is 0 Å². The number of aromatic nitrogens is 1. The smallest absolute Gasteiger partial charge is 0.381 e. The third-order valence-electron chi connectivity index (χ3n) is 1.67. The van der Waals surface area contributed by atoms with Crippen molar-refractivity contribution < 1.29 is 29.7 Å². The second-order valence-corrected chi connectivity index (χ2v) is 2.87. The molecular weight excluding hydrogens is 232 g/mol. The van der Waals surface area contributed by atoms with Gasteiger partial charge in [0.05, 0.1) is 0 Å². The molecule has 8 nitrogen and oxygen atoms in total. The van der Waals surface area contributed by atoms with Crippen molar-refractivity contribution in [3.8, 4) is 11.8 Å². The minimum absolute atomic E-state index is 0.381. The number of nitrogens with one attached hydrogen (secondary N) is 1. The zero-order valence-corrected chi connectivity index (χ0v) is 8.53. The molecule has 0 bridgehead atoms. The molecule has 0 aliphatic carbocycles. The molecule has 1 unspecified atom stereocenters. The number of hydrogen-bond donors (Lipinski definition) is 4. The molecule has 0 aliphatic heterocycles. The fourth-order valence-electron chi connectivity index (χ4n) is 0.888. The predicted octanol–water partition coefficient (Wildman–Crippen LogP) is -1.52. The molecule has 1 aromatic rings. The molecule has 1 amide bonds. The van der Waals surface area contributed by atoms with E-state index in [0.29, 0.717) is 4.73 Å². The van der Waals surface area contributed by atoms with Crippen LogP contribution in [0.1, 0.15) is 0 Å². The summed E-state index contributed by atoms with van der Waals surface area (Å²) >= 11 is 0. The van der Waals surface area contributed by atoms with E-state index in [1.54, 1.807) is 0 Å². The van der Waals surface area contributed by atoms with E-state index in [2.05, 4.69) is 11.4 Å². The van der Waals surface area contributed by atoms with E-state index < -0.39 is 29.9 Å². The molecule has 1 heterocycles. The fraction of sp³-hybridized carbons (Fsp3) is 0.111. The number of aromatic hydroxyl groups is 2. The lowest BCUT2D eigenvalue weighted by Crippen LogP contribution is -2.43. The summed E-state index contributed by atoms with van der Waals surface area (Å²) < 4.78 is 0.381. The van der Waals surface area contributed by atoms with Crippen LogP contribution in [0.4, 0.5) is 0 Å². The number of carbonyl (C=O) groups excluding carboxylic acids is 2. The van der Waals surface area contributed by atoms with Crippen molar-refractivity contribution in [1.29, 1.82) is 0 Å². The maximum Gasteiger partial charge on any atom is 0.381 e. The molecule has 0 aliphatic rings. The number of amides is 1. The van der Waals surface area contributed by atoms with Gasteiger partial charge in [-0.25, -0.2) is 4.79 Å². The Kier molecular flexibility index (Phi) is 3.73. The summed E-state index contributed by atoms with van der Waals surface area (Å²) in [6, 6.07) is 2.13. The highest BCUT2D eigenvalue weighted by Crippen LogP contribution is 2.18. The summed E-state index contributed by atoms with van der Waals surface area (Å²) in [7, 11) is 0. The summed E-state index contributed by atoms with van der Waals surface area (Å²) in [5.74, 6) is -3.16. The number of rotatable bonds is 4. The van der Waals surface area contributed by atoms with Gasteiger partial charge < -0.3 is 25.5 Å². The maximum absolute atomic E-state index is 11.2. The van der Waals surface area contributed by atoms with E-state index in [1.807, 2.05) is 5.32 Å². The lowest BCUT2D eigenvalue weighted by Gasteiger charge is -2.11. The van der Waals surface area contributed by atoms with Crippen LogP contribution in [0.5, 0.6) is 11.8 Å². The van der Waals surface area contributed by atoms with Gasteiger partial charge in [-0.2, -0.15) is 0 Å². The van der Waals surface area contributed by atoms with E-state index in [4.69, 9.17) is 15.3 Å². The fourth-order valence-corrected chi connectivity index (χ4v) is 0.888. The van der Waals surface area contributed by atoms with Crippen molar-refractivity contribution in [2.75, 3.05) is 0 Å². The molecule has 0 fully saturated rings. The Morgan fingerprint density at radius 3 is 2.41 bits per heavy atom. The van der Waals surface area contributed by atoms with Crippen molar-refractivity contribution in [2.45, 2.75) is 6.23 Å². The zero-order valence-electron chi connectivity index (χ0n) is 8.53. The predicted molar refractivity (Wildman–Crippen MR) is 53.7 cm³/mol. The molecule has 17 heavy (non-hydrogen) atoms. The van der Waals surface area contributed by atoms with Crippen LogP contribution >= 0.6 is 0 Å². The van der Waals surface area contributed by atoms with Gasteiger partial charge in [-0.1, -0.05) is 6.58 Å². The second-order valence-electron chi connectivity index (χ2n) is 2.87. The molecule has 4 N–H and O–H groups in total. The van der Waals surface area contributed by atoms with Gasteiger partial charge in [0.2, 0.25) is 23.9 Å². The zero-order chi connectivity index (χ0) is 13.0. The molecule has 0 saturated carbocycles. The van der Waals surface area contributed by atoms with Gasteiger partial charge in [0.1, 0.15) is 0 Å². The third kappa shape index (κ3) is 2.98. The van der Waals surface area contributed by atoms with Gasteiger partial charge in [-0.3, -0.25) is 4.79 Å². The van der Waals surface area contributed by atoms with Gasteiger partial charge in [0.15, 0.2) is 0 Å². The van der Waals surface area contributed by atoms with Gasteiger partial charge in [-0.05, 0) is 6.08 Å². The monoisotopic (exact) mass is 242 g/mol. The van der Waals surface area contributed by atoms with Crippen LogP contribution in [0.3, 0.4) is 0 Å². The Bertz CT molecular complexity index is 433. The summed E-state index contributed by atoms with van der Waals surface area (Å²) in [5.41, 5.74) is 0. The number of aliphatic hydroxyl groups is 1. The molecule has 0 radical (unpaired) electrons. The highest BCUT2D eigenvalue weighted by atomic mass is 16.7. The Labute approximate surface area is 95.3 Å². The first kappa shape index (κ1) is 12.6. The summed E-state index contributed by atoms with van der Waals surface area (Å²) in [6.07, 6.45) is -1.09. The van der Waals surface area contributed by atoms with Crippen molar-refractivity contribution >= 4 is 11.9 Å². The van der Waals surface area contributed by atoms with Crippen molar-refractivity contribution in [1.82, 2.24) is 10.0 Å². The largest absolute Gasteiger partial charge is 0.492 e. The van der Waals surface area contributed by atoms with E-state index in [1.165, 1.54) is 0 Å². The highest BCUT2D eigenvalue weighted by Gasteiger charge is 2.21. The van der Waals surface area contributed by atoms with Gasteiger partial charge in [-0.15, -0.1) is 4.73 Å². The lowest BCUT2D eigenvalue weighted by atomic mass is 10.5. The minimum atomic E-state index is -1.94. The van der Waals surface area contributed by atoms with Crippen LogP contribution in [-0.2, 0) is 9.59 Å². The molecule has 92 valence electrons. The molecule has 1 atom stereocenters. The normalized spacial score (nSPS) is 11.6. The number of hydrogen-bond acceptors (Lipinski definition) is 6. The van der Waals surface area contributed by atoms with Crippen molar-refractivity contribution in [2.24, 2.45) is 0 Å². The molecule has 0 aromatic carbocycles. The first-order valence-electron chi connectivity index (χ1n) is 4.38. The van der Waals surface area contributed by atoms with Crippen molar-refractivity contribution in [3.63, 3.8) is 0 Å². The summed E-state index contributed by atoms with van der Waals surface area (Å²) in [5, 5.41) is 29.3. The van der Waals surface area contributed by atoms with Gasteiger partial charge in [0.25, 0.3) is 0 Å². The first-order valence-corrected chi connectivity index (χ1v) is 4.38. The summed E-state index contributed by atoms with van der Waals surface area (Å²) in [6.45, 7) is 3.12. The first-order chi connectivity index (χ1) is 7.95. The lowest BCUT2D eigenvalue weighted by molar-refractivity contribution is -0.158. The van der Waals surface area contributed by atoms with E-state index in [9.17, 15) is 9.59 Å². The number of nitrogens with zero attached hydrogens (tertiary/aromatic N) is 1. The van der Waals surface area contributed by atoms with Crippen LogP contribution in [0.25, 0.3) is 0 Å². The average Bonchev–Trinajstić information content (AvgIpc) is 2.60. The molecule has 1 aromatic heterocycles. The standard InChI is InChI=1S/C9H10N2O6/c1-2-5(12)10-8(15)9(16)17-11-6(13)3-4-7(11)14/h2-4,8,13-15H,1H2,(H,10,12). The van der Waals surface area contributed by atoms with Crippen molar-refractivity contribution in [3.05, 3.63) is 24.8 Å². The van der Waals surface area contributed by atoms with Gasteiger partial charge >= 0.3 is 5.97 Å². The number of aliphatic hydroxyl groups excluding tert-OH is 1. The van der Waals surface area contributed by atoms with Crippen LogP contribution < -0.4 is 10.2 Å². The van der Waals surface area contributed by atoms with E-state index in [-0.39, 0.29) is 0 Å². The average molecular weight is 242 g/mol. The summed E-state index contributed by atoms with van der Waals surface area (Å²) in [4.78, 5) is 26.4. The Balaban J connectivity index is 2.66. The van der Waals surface area contributed by atoms with E-state index >= 15 is 0 Å². The molecule has 8 heteroatoms. The minimum Gasteiger partial charge on any atom is -0.492 e.